The van der Waals surface area contributed by atoms with Crippen LogP contribution in [0.5, 0.6) is 11.5 Å². The molecule has 154 valence electrons. The molecule has 29 heavy (non-hydrogen) atoms. The molecule has 2 aromatic rings. The topological polar surface area (TPSA) is 114 Å². The lowest BCUT2D eigenvalue weighted by molar-refractivity contribution is -0.116. The van der Waals surface area contributed by atoms with Crippen LogP contribution in [0.25, 0.3) is 0 Å². The molecule has 1 aromatic carbocycles. The van der Waals surface area contributed by atoms with E-state index in [9.17, 15) is 19.2 Å². The average Bonchev–Trinajstić information content (AvgIpc) is 2.71. The van der Waals surface area contributed by atoms with Crippen LogP contribution in [0.2, 0.25) is 0 Å². The number of carbonyl (C=O) groups excluding carboxylic acids is 1. The fourth-order valence-corrected chi connectivity index (χ4v) is 2.63. The van der Waals surface area contributed by atoms with E-state index in [0.717, 1.165) is 9.13 Å². The summed E-state index contributed by atoms with van der Waals surface area (Å²) in [4.78, 5) is 50.1. The van der Waals surface area contributed by atoms with Crippen molar-refractivity contribution in [2.24, 2.45) is 0 Å². The minimum Gasteiger partial charge on any atom is -0.497 e. The highest BCUT2D eigenvalue weighted by atomic mass is 16.5. The smallest absolute Gasteiger partial charge is 0.337 e. The maximum Gasteiger partial charge on any atom is 0.337 e. The van der Waals surface area contributed by atoms with Gasteiger partial charge in [-0.1, -0.05) is 12.2 Å². The SMILES string of the molecule is C=CCn1c(=O)n(CC=C)c(=O)n(CC(=O)Nc2cc(OC)ccc2OC)c1=O. The van der Waals surface area contributed by atoms with Crippen molar-refractivity contribution in [1.29, 1.82) is 0 Å². The minimum atomic E-state index is -0.909. The van der Waals surface area contributed by atoms with E-state index in [2.05, 4.69) is 18.5 Å². The zero-order valence-electron chi connectivity index (χ0n) is 16.2. The molecule has 0 spiro atoms. The van der Waals surface area contributed by atoms with Crippen molar-refractivity contribution in [3.63, 3.8) is 0 Å². The van der Waals surface area contributed by atoms with Crippen LogP contribution in [0.3, 0.4) is 0 Å². The lowest BCUT2D eigenvalue weighted by Crippen LogP contribution is -2.55. The Hall–Kier alpha value is -3.82. The first-order chi connectivity index (χ1) is 13.9. The van der Waals surface area contributed by atoms with Gasteiger partial charge in [0.15, 0.2) is 0 Å². The first-order valence-electron chi connectivity index (χ1n) is 8.56. The van der Waals surface area contributed by atoms with Gasteiger partial charge in [0.05, 0.1) is 33.0 Å². The molecule has 1 heterocycles. The molecular formula is C19H22N4O6. The number of hydrogen-bond acceptors (Lipinski definition) is 6. The van der Waals surface area contributed by atoms with Crippen LogP contribution in [0.15, 0.2) is 57.9 Å². The maximum absolute atomic E-state index is 12.6. The van der Waals surface area contributed by atoms with Gasteiger partial charge in [-0.2, -0.15) is 0 Å². The van der Waals surface area contributed by atoms with Gasteiger partial charge in [-0.05, 0) is 12.1 Å². The molecule has 2 rings (SSSR count). The minimum absolute atomic E-state index is 0.111. The van der Waals surface area contributed by atoms with Gasteiger partial charge < -0.3 is 14.8 Å². The predicted octanol–water partition coefficient (Wildman–Crippen LogP) is 0.200. The van der Waals surface area contributed by atoms with Gasteiger partial charge >= 0.3 is 17.1 Å². The van der Waals surface area contributed by atoms with E-state index in [1.165, 1.54) is 32.4 Å². The van der Waals surface area contributed by atoms with E-state index in [1.807, 2.05) is 0 Å². The summed E-state index contributed by atoms with van der Waals surface area (Å²) in [7, 11) is 2.90. The standard InChI is InChI=1S/C19H22N4O6/c1-5-9-21-17(25)22(10-6-2)19(27)23(18(21)26)12-16(24)20-14-11-13(28-3)7-8-15(14)29-4/h5-8,11H,1-2,9-10,12H2,3-4H3,(H,20,24). The van der Waals surface area contributed by atoms with Crippen LogP contribution >= 0.6 is 0 Å². The van der Waals surface area contributed by atoms with Crippen LogP contribution in [0.4, 0.5) is 5.69 Å². The van der Waals surface area contributed by atoms with Gasteiger partial charge in [-0.3, -0.25) is 4.79 Å². The zero-order valence-corrected chi connectivity index (χ0v) is 16.2. The molecule has 1 aromatic heterocycles. The normalized spacial score (nSPS) is 10.3. The number of nitrogens with one attached hydrogen (secondary N) is 1. The molecule has 1 amide bonds. The fourth-order valence-electron chi connectivity index (χ4n) is 2.63. The number of allylic oxidation sites excluding steroid dienone is 2. The quantitative estimate of drug-likeness (QED) is 0.600. The number of hydrogen-bond donors (Lipinski definition) is 1. The van der Waals surface area contributed by atoms with Crippen LogP contribution in [0, 0.1) is 0 Å². The molecule has 10 heteroatoms. The number of rotatable bonds is 9. The van der Waals surface area contributed by atoms with Gasteiger partial charge in [0.2, 0.25) is 5.91 Å². The molecule has 0 aliphatic heterocycles. The molecule has 0 aliphatic rings. The Labute approximate surface area is 165 Å². The van der Waals surface area contributed by atoms with Gasteiger partial charge in [0.25, 0.3) is 0 Å². The Balaban J connectivity index is 2.46. The van der Waals surface area contributed by atoms with Crippen molar-refractivity contribution in [2.45, 2.75) is 19.6 Å². The summed E-state index contributed by atoms with van der Waals surface area (Å²) in [5.74, 6) is 0.183. The molecule has 0 fully saturated rings. The van der Waals surface area contributed by atoms with E-state index in [0.29, 0.717) is 21.8 Å². The Morgan fingerprint density at radius 2 is 1.52 bits per heavy atom. The highest BCUT2D eigenvalue weighted by Crippen LogP contribution is 2.28. The molecule has 0 atom stereocenters. The van der Waals surface area contributed by atoms with Gasteiger partial charge in [-0.25, -0.2) is 28.1 Å². The van der Waals surface area contributed by atoms with E-state index < -0.39 is 29.5 Å². The lowest BCUT2D eigenvalue weighted by Gasteiger charge is -2.14. The number of amides is 1. The lowest BCUT2D eigenvalue weighted by atomic mass is 10.2. The number of nitrogens with zero attached hydrogens (tertiary/aromatic N) is 3. The van der Waals surface area contributed by atoms with Gasteiger partial charge in [0, 0.05) is 6.07 Å². The Kier molecular flexibility index (Phi) is 6.96. The summed E-state index contributed by atoms with van der Waals surface area (Å²) >= 11 is 0. The predicted molar refractivity (Wildman–Crippen MR) is 108 cm³/mol. The number of ether oxygens (including phenoxy) is 2. The fraction of sp³-hybridized carbons (Fsp3) is 0.263. The maximum atomic E-state index is 12.6. The number of carbonyl (C=O) groups is 1. The first kappa shape index (κ1) is 21.5. The molecule has 0 unspecified atom stereocenters. The van der Waals surface area contributed by atoms with Crippen molar-refractivity contribution in [3.05, 3.63) is 75.0 Å². The van der Waals surface area contributed by atoms with E-state index >= 15 is 0 Å². The van der Waals surface area contributed by atoms with Crippen LogP contribution in [-0.4, -0.2) is 33.8 Å². The average molecular weight is 402 g/mol. The third-order valence-corrected chi connectivity index (χ3v) is 3.99. The van der Waals surface area contributed by atoms with Gasteiger partial charge in [0.1, 0.15) is 18.0 Å². The molecule has 0 saturated carbocycles. The molecule has 0 radical (unpaired) electrons. The number of methoxy groups -OCH3 is 2. The summed E-state index contributed by atoms with van der Waals surface area (Å²) in [6.07, 6.45) is 2.69. The highest BCUT2D eigenvalue weighted by molar-refractivity contribution is 5.92. The van der Waals surface area contributed by atoms with Gasteiger partial charge in [-0.15, -0.1) is 13.2 Å². The molecule has 0 saturated heterocycles. The van der Waals surface area contributed by atoms with E-state index in [1.54, 1.807) is 12.1 Å². The number of benzene rings is 1. The van der Waals surface area contributed by atoms with Crippen molar-refractivity contribution in [1.82, 2.24) is 13.7 Å². The van der Waals surface area contributed by atoms with E-state index in [-0.39, 0.29) is 13.1 Å². The second-order valence-corrected chi connectivity index (χ2v) is 5.85. The summed E-state index contributed by atoms with van der Waals surface area (Å²) in [6.45, 7) is 6.17. The Morgan fingerprint density at radius 3 is 2.00 bits per heavy atom. The van der Waals surface area contributed by atoms with Crippen LogP contribution in [-0.2, 0) is 24.4 Å². The highest BCUT2D eigenvalue weighted by Gasteiger charge is 2.17. The second-order valence-electron chi connectivity index (χ2n) is 5.85. The largest absolute Gasteiger partial charge is 0.497 e. The van der Waals surface area contributed by atoms with E-state index in [4.69, 9.17) is 9.47 Å². The summed E-state index contributed by atoms with van der Waals surface area (Å²) in [5.41, 5.74) is -2.32. The van der Waals surface area contributed by atoms with Crippen LogP contribution in [0.1, 0.15) is 0 Å². The van der Waals surface area contributed by atoms with Crippen molar-refractivity contribution in [3.8, 4) is 11.5 Å². The number of aromatic nitrogens is 3. The number of anilines is 1. The van der Waals surface area contributed by atoms with Crippen molar-refractivity contribution in [2.75, 3.05) is 19.5 Å². The molecule has 0 bridgehead atoms. The summed E-state index contributed by atoms with van der Waals surface area (Å²) < 4.78 is 12.6. The second kappa shape index (κ2) is 9.40. The van der Waals surface area contributed by atoms with Crippen molar-refractivity contribution < 1.29 is 14.3 Å². The first-order valence-corrected chi connectivity index (χ1v) is 8.56. The molecule has 1 N–H and O–H groups in total. The Morgan fingerprint density at radius 1 is 0.966 bits per heavy atom. The van der Waals surface area contributed by atoms with Crippen molar-refractivity contribution >= 4 is 11.6 Å². The third kappa shape index (κ3) is 4.54. The third-order valence-electron chi connectivity index (χ3n) is 3.99. The molecule has 10 nitrogen and oxygen atoms in total. The summed E-state index contributed by atoms with van der Waals surface area (Å²) in [6, 6.07) is 4.79. The monoisotopic (exact) mass is 402 g/mol. The molecular weight excluding hydrogens is 380 g/mol. The Bertz CT molecular complexity index is 1060. The summed E-state index contributed by atoms with van der Waals surface area (Å²) in [5, 5.41) is 2.58. The molecule has 0 aliphatic carbocycles. The van der Waals surface area contributed by atoms with Crippen LogP contribution < -0.4 is 31.9 Å². The zero-order chi connectivity index (χ0) is 21.6.